The summed E-state index contributed by atoms with van der Waals surface area (Å²) in [5.41, 5.74) is 1.28. The number of rotatable bonds is 10. The summed E-state index contributed by atoms with van der Waals surface area (Å²) in [6, 6.07) is 8.32. The molecule has 0 spiro atoms. The van der Waals surface area contributed by atoms with Crippen LogP contribution < -0.4 is 4.74 Å². The van der Waals surface area contributed by atoms with Crippen LogP contribution in [0.2, 0.25) is 0 Å². The van der Waals surface area contributed by atoms with Crippen molar-refractivity contribution in [2.75, 3.05) is 26.2 Å². The molecule has 1 fully saturated rings. The average Bonchev–Trinajstić information content (AvgIpc) is 3.35. The van der Waals surface area contributed by atoms with Crippen LogP contribution >= 0.6 is 0 Å². The normalized spacial score (nSPS) is 16.2. The largest absolute Gasteiger partial charge is 0.492 e. The Labute approximate surface area is 128 Å². The lowest BCUT2D eigenvalue weighted by atomic mass is 10.0. The Morgan fingerprint density at radius 1 is 1.19 bits per heavy atom. The van der Waals surface area contributed by atoms with Crippen molar-refractivity contribution in [3.8, 4) is 5.75 Å². The fraction of sp³-hybridized carbons (Fsp3) is 0.667. The smallest absolute Gasteiger partial charge is 0.119 e. The van der Waals surface area contributed by atoms with Crippen LogP contribution in [0.15, 0.2) is 24.3 Å². The van der Waals surface area contributed by atoms with Gasteiger partial charge in [-0.05, 0) is 62.4 Å². The number of aliphatic hydroxyl groups is 1. The molecule has 0 aromatic heterocycles. The fourth-order valence-electron chi connectivity index (χ4n) is 2.62. The zero-order valence-electron chi connectivity index (χ0n) is 13.4. The Balaban J connectivity index is 1.68. The third kappa shape index (κ3) is 5.68. The van der Waals surface area contributed by atoms with Crippen LogP contribution in [0.4, 0.5) is 0 Å². The maximum absolute atomic E-state index is 9.89. The van der Waals surface area contributed by atoms with Gasteiger partial charge in [-0.3, -0.25) is 0 Å². The van der Waals surface area contributed by atoms with Gasteiger partial charge >= 0.3 is 0 Å². The van der Waals surface area contributed by atoms with Gasteiger partial charge in [0.05, 0.1) is 6.10 Å². The van der Waals surface area contributed by atoms with Gasteiger partial charge < -0.3 is 14.7 Å². The van der Waals surface area contributed by atoms with E-state index >= 15 is 0 Å². The topological polar surface area (TPSA) is 32.7 Å². The van der Waals surface area contributed by atoms with Gasteiger partial charge in [0.2, 0.25) is 0 Å². The summed E-state index contributed by atoms with van der Waals surface area (Å²) >= 11 is 0. The molecule has 1 aliphatic carbocycles. The van der Waals surface area contributed by atoms with Crippen LogP contribution in [-0.4, -0.2) is 42.4 Å². The van der Waals surface area contributed by atoms with Crippen LogP contribution in [0.5, 0.6) is 5.75 Å². The summed E-state index contributed by atoms with van der Waals surface area (Å²) < 4.78 is 5.78. The number of likely N-dealkylation sites (N-methyl/N-ethyl adjacent to an activating group) is 1. The highest BCUT2D eigenvalue weighted by atomic mass is 16.5. The van der Waals surface area contributed by atoms with E-state index in [0.29, 0.717) is 5.92 Å². The van der Waals surface area contributed by atoms with Gasteiger partial charge in [-0.15, -0.1) is 0 Å². The molecule has 1 aromatic carbocycles. The lowest BCUT2D eigenvalue weighted by Gasteiger charge is -2.18. The van der Waals surface area contributed by atoms with Crippen molar-refractivity contribution in [3.63, 3.8) is 0 Å². The highest BCUT2D eigenvalue weighted by molar-refractivity contribution is 5.27. The van der Waals surface area contributed by atoms with Crippen molar-refractivity contribution >= 4 is 0 Å². The first-order chi connectivity index (χ1) is 10.2. The molecule has 3 heteroatoms. The van der Waals surface area contributed by atoms with Crippen LogP contribution in [0.1, 0.15) is 38.7 Å². The van der Waals surface area contributed by atoms with Crippen molar-refractivity contribution in [1.29, 1.82) is 0 Å². The number of aryl methyl sites for hydroxylation is 1. The lowest BCUT2D eigenvalue weighted by molar-refractivity contribution is 0.142. The van der Waals surface area contributed by atoms with Crippen LogP contribution in [0, 0.1) is 5.92 Å². The van der Waals surface area contributed by atoms with E-state index in [1.807, 2.05) is 12.1 Å². The van der Waals surface area contributed by atoms with Gasteiger partial charge in [-0.25, -0.2) is 0 Å². The molecule has 0 unspecified atom stereocenters. The Kier molecular flexibility index (Phi) is 6.52. The molecular formula is C18H29NO2. The monoisotopic (exact) mass is 291 g/mol. The van der Waals surface area contributed by atoms with Crippen LogP contribution in [0.3, 0.4) is 0 Å². The van der Waals surface area contributed by atoms with Crippen LogP contribution in [0.25, 0.3) is 0 Å². The predicted molar refractivity (Wildman–Crippen MR) is 86.8 cm³/mol. The van der Waals surface area contributed by atoms with Crippen molar-refractivity contribution in [2.45, 2.75) is 45.6 Å². The number of hydrogen-bond acceptors (Lipinski definition) is 3. The Morgan fingerprint density at radius 3 is 2.43 bits per heavy atom. The molecule has 1 aliphatic rings. The highest BCUT2D eigenvalue weighted by Gasteiger charge is 2.28. The molecule has 0 radical (unpaired) electrons. The highest BCUT2D eigenvalue weighted by Crippen LogP contribution is 2.34. The summed E-state index contributed by atoms with van der Waals surface area (Å²) in [5, 5.41) is 9.89. The first-order valence-electron chi connectivity index (χ1n) is 8.35. The van der Waals surface area contributed by atoms with Gasteiger partial charge in [-0.1, -0.05) is 26.0 Å². The first-order valence-corrected chi connectivity index (χ1v) is 8.35. The molecule has 1 N–H and O–H groups in total. The van der Waals surface area contributed by atoms with Crippen molar-refractivity contribution in [1.82, 2.24) is 4.90 Å². The van der Waals surface area contributed by atoms with Crippen molar-refractivity contribution < 1.29 is 9.84 Å². The average molecular weight is 291 g/mol. The second kappa shape index (κ2) is 8.40. The molecule has 3 nitrogen and oxygen atoms in total. The van der Waals surface area contributed by atoms with Gasteiger partial charge in [-0.2, -0.15) is 0 Å². The zero-order valence-corrected chi connectivity index (χ0v) is 13.4. The standard InChI is InChI=1S/C18H29NO2/c1-3-19(4-2)13-14-21-17-10-5-15(6-11-17)7-12-18(20)16-8-9-16/h5-6,10-11,16,18,20H,3-4,7-9,12-14H2,1-2H3/t18-/m0/s1. The van der Waals surface area contributed by atoms with Gasteiger partial charge in [0.1, 0.15) is 12.4 Å². The Morgan fingerprint density at radius 2 is 1.86 bits per heavy atom. The van der Waals surface area contributed by atoms with Gasteiger partial charge in [0.15, 0.2) is 0 Å². The quantitative estimate of drug-likeness (QED) is 0.719. The van der Waals surface area contributed by atoms with E-state index in [-0.39, 0.29) is 6.10 Å². The molecule has 2 rings (SSSR count). The molecular weight excluding hydrogens is 262 g/mol. The molecule has 1 aromatic rings. The number of nitrogens with zero attached hydrogens (tertiary/aromatic N) is 1. The predicted octanol–water partition coefficient (Wildman–Crippen LogP) is 3.11. The first kappa shape index (κ1) is 16.3. The Bertz CT molecular complexity index is 396. The second-order valence-corrected chi connectivity index (χ2v) is 5.96. The Hall–Kier alpha value is -1.06. The minimum Gasteiger partial charge on any atom is -0.492 e. The summed E-state index contributed by atoms with van der Waals surface area (Å²) in [7, 11) is 0. The molecule has 0 heterocycles. The number of hydrogen-bond donors (Lipinski definition) is 1. The van der Waals surface area contributed by atoms with Crippen molar-refractivity contribution in [2.24, 2.45) is 5.92 Å². The van der Waals surface area contributed by atoms with Gasteiger partial charge in [0, 0.05) is 6.54 Å². The summed E-state index contributed by atoms with van der Waals surface area (Å²) in [6.07, 6.45) is 4.15. The third-order valence-corrected chi connectivity index (χ3v) is 4.39. The fourth-order valence-corrected chi connectivity index (χ4v) is 2.62. The lowest BCUT2D eigenvalue weighted by Crippen LogP contribution is -2.27. The van der Waals surface area contributed by atoms with E-state index in [9.17, 15) is 5.11 Å². The molecule has 1 saturated carbocycles. The molecule has 0 aliphatic heterocycles. The summed E-state index contributed by atoms with van der Waals surface area (Å²) in [6.45, 7) is 8.21. The molecule has 1 atom stereocenters. The second-order valence-electron chi connectivity index (χ2n) is 5.96. The molecule has 0 saturated heterocycles. The number of ether oxygens (including phenoxy) is 1. The number of benzene rings is 1. The molecule has 21 heavy (non-hydrogen) atoms. The van der Waals surface area contributed by atoms with Crippen LogP contribution in [-0.2, 0) is 6.42 Å². The molecule has 0 amide bonds. The maximum atomic E-state index is 9.89. The zero-order chi connectivity index (χ0) is 15.1. The SMILES string of the molecule is CCN(CC)CCOc1ccc(CC[C@H](O)C2CC2)cc1. The summed E-state index contributed by atoms with van der Waals surface area (Å²) in [4.78, 5) is 2.35. The van der Waals surface area contributed by atoms with E-state index in [2.05, 4.69) is 30.9 Å². The molecule has 0 bridgehead atoms. The summed E-state index contributed by atoms with van der Waals surface area (Å²) in [5.74, 6) is 1.52. The number of aliphatic hydroxyl groups excluding tert-OH is 1. The maximum Gasteiger partial charge on any atom is 0.119 e. The van der Waals surface area contributed by atoms with Crippen molar-refractivity contribution in [3.05, 3.63) is 29.8 Å². The van der Waals surface area contributed by atoms with E-state index in [1.165, 1.54) is 18.4 Å². The minimum atomic E-state index is -0.102. The third-order valence-electron chi connectivity index (χ3n) is 4.39. The van der Waals surface area contributed by atoms with E-state index in [0.717, 1.165) is 44.8 Å². The van der Waals surface area contributed by atoms with E-state index in [4.69, 9.17) is 4.74 Å². The van der Waals surface area contributed by atoms with E-state index < -0.39 is 0 Å². The van der Waals surface area contributed by atoms with E-state index in [1.54, 1.807) is 0 Å². The molecule has 118 valence electrons. The van der Waals surface area contributed by atoms with Gasteiger partial charge in [0.25, 0.3) is 0 Å². The minimum absolute atomic E-state index is 0.102.